The minimum atomic E-state index is -0.774. The molecule has 7 heteroatoms. The number of methoxy groups -OCH3 is 2. The molecule has 1 amide bonds. The Kier molecular flexibility index (Phi) is 5.66. The van der Waals surface area contributed by atoms with Gasteiger partial charge in [0.05, 0.1) is 32.7 Å². The maximum Gasteiger partial charge on any atom is 0.307 e. The highest BCUT2D eigenvalue weighted by atomic mass is 16.5. The SMILES string of the molecule is COc1ccc(C2CCCN2C(=O)CN2CCC(C(=O)O)C2)cc1OC. The molecule has 0 aliphatic carbocycles. The average molecular weight is 362 g/mol. The molecule has 3 rings (SSSR count). The Morgan fingerprint density at radius 3 is 2.58 bits per heavy atom. The lowest BCUT2D eigenvalue weighted by Gasteiger charge is -2.27. The Hall–Kier alpha value is -2.28. The molecule has 2 fully saturated rings. The van der Waals surface area contributed by atoms with Gasteiger partial charge in [0.1, 0.15) is 0 Å². The third kappa shape index (κ3) is 3.77. The van der Waals surface area contributed by atoms with Gasteiger partial charge in [-0.1, -0.05) is 6.07 Å². The van der Waals surface area contributed by atoms with Gasteiger partial charge < -0.3 is 19.5 Å². The molecule has 2 unspecified atom stereocenters. The fourth-order valence-corrected chi connectivity index (χ4v) is 3.93. The van der Waals surface area contributed by atoms with Crippen LogP contribution in [0.3, 0.4) is 0 Å². The highest BCUT2D eigenvalue weighted by molar-refractivity contribution is 5.79. The summed E-state index contributed by atoms with van der Waals surface area (Å²) in [4.78, 5) is 27.8. The number of nitrogens with zero attached hydrogens (tertiary/aromatic N) is 2. The maximum atomic E-state index is 12.8. The quantitative estimate of drug-likeness (QED) is 0.831. The summed E-state index contributed by atoms with van der Waals surface area (Å²) in [5.74, 6) is 0.262. The summed E-state index contributed by atoms with van der Waals surface area (Å²) in [5.41, 5.74) is 1.04. The van der Waals surface area contributed by atoms with Crippen LogP contribution < -0.4 is 9.47 Å². The highest BCUT2D eigenvalue weighted by Crippen LogP contribution is 2.37. The van der Waals surface area contributed by atoms with Crippen LogP contribution in [0.15, 0.2) is 18.2 Å². The van der Waals surface area contributed by atoms with Crippen molar-refractivity contribution in [1.29, 1.82) is 0 Å². The molecule has 142 valence electrons. The van der Waals surface area contributed by atoms with Gasteiger partial charge in [-0.3, -0.25) is 14.5 Å². The van der Waals surface area contributed by atoms with E-state index in [1.807, 2.05) is 28.0 Å². The highest BCUT2D eigenvalue weighted by Gasteiger charge is 2.34. The van der Waals surface area contributed by atoms with E-state index in [0.29, 0.717) is 31.0 Å². The summed E-state index contributed by atoms with van der Waals surface area (Å²) in [6.07, 6.45) is 2.49. The number of carboxylic acid groups (broad SMARTS) is 1. The number of likely N-dealkylation sites (tertiary alicyclic amines) is 2. The van der Waals surface area contributed by atoms with Crippen molar-refractivity contribution < 1.29 is 24.2 Å². The monoisotopic (exact) mass is 362 g/mol. The first-order chi connectivity index (χ1) is 12.5. The second-order valence-electron chi connectivity index (χ2n) is 6.92. The normalized spacial score (nSPS) is 23.2. The molecule has 2 saturated heterocycles. The average Bonchev–Trinajstić information content (AvgIpc) is 3.30. The topological polar surface area (TPSA) is 79.3 Å². The van der Waals surface area contributed by atoms with E-state index >= 15 is 0 Å². The Morgan fingerprint density at radius 1 is 1.15 bits per heavy atom. The zero-order chi connectivity index (χ0) is 18.7. The van der Waals surface area contributed by atoms with Crippen LogP contribution in [0.1, 0.15) is 30.9 Å². The number of ether oxygens (including phenoxy) is 2. The van der Waals surface area contributed by atoms with Crippen LogP contribution in [0.4, 0.5) is 0 Å². The van der Waals surface area contributed by atoms with E-state index in [-0.39, 0.29) is 24.4 Å². The Morgan fingerprint density at radius 2 is 1.92 bits per heavy atom. The standard InChI is InChI=1S/C19H26N2O5/c1-25-16-6-5-13(10-17(16)26-2)15-4-3-8-21(15)18(22)12-20-9-7-14(11-20)19(23)24/h5-6,10,14-15H,3-4,7-9,11-12H2,1-2H3,(H,23,24). The van der Waals surface area contributed by atoms with Crippen molar-refractivity contribution in [2.24, 2.45) is 5.92 Å². The summed E-state index contributed by atoms with van der Waals surface area (Å²) < 4.78 is 10.7. The Bertz CT molecular complexity index is 678. The minimum absolute atomic E-state index is 0.0279. The molecule has 2 atom stereocenters. The van der Waals surface area contributed by atoms with Crippen molar-refractivity contribution >= 4 is 11.9 Å². The number of carbonyl (C=O) groups is 2. The summed E-state index contributed by atoms with van der Waals surface area (Å²) in [7, 11) is 3.20. The van der Waals surface area contributed by atoms with Crippen molar-refractivity contribution in [2.45, 2.75) is 25.3 Å². The molecule has 2 heterocycles. The zero-order valence-electron chi connectivity index (χ0n) is 15.3. The third-order valence-corrected chi connectivity index (χ3v) is 5.35. The molecule has 0 radical (unpaired) electrons. The second-order valence-corrected chi connectivity index (χ2v) is 6.92. The maximum absolute atomic E-state index is 12.8. The predicted molar refractivity (Wildman–Crippen MR) is 95.4 cm³/mol. The second kappa shape index (κ2) is 7.95. The molecule has 0 saturated carbocycles. The lowest BCUT2D eigenvalue weighted by Crippen LogP contribution is -2.39. The van der Waals surface area contributed by atoms with Crippen LogP contribution >= 0.6 is 0 Å². The molecule has 2 aliphatic rings. The van der Waals surface area contributed by atoms with Gasteiger partial charge in [0.2, 0.25) is 5.91 Å². The number of rotatable bonds is 6. The first-order valence-corrected chi connectivity index (χ1v) is 9.00. The number of hydrogen-bond donors (Lipinski definition) is 1. The molecule has 0 bridgehead atoms. The molecule has 1 aromatic carbocycles. The van der Waals surface area contributed by atoms with Gasteiger partial charge in [0, 0.05) is 13.1 Å². The summed E-state index contributed by atoms with van der Waals surface area (Å²) in [6.45, 7) is 2.13. The lowest BCUT2D eigenvalue weighted by atomic mass is 10.0. The van der Waals surface area contributed by atoms with Crippen molar-refractivity contribution in [2.75, 3.05) is 40.4 Å². The molecule has 26 heavy (non-hydrogen) atoms. The van der Waals surface area contributed by atoms with Gasteiger partial charge in [-0.15, -0.1) is 0 Å². The van der Waals surface area contributed by atoms with Gasteiger partial charge in [0.25, 0.3) is 0 Å². The Balaban J connectivity index is 1.68. The van der Waals surface area contributed by atoms with Crippen molar-refractivity contribution in [3.8, 4) is 11.5 Å². The predicted octanol–water partition coefficient (Wildman–Crippen LogP) is 1.77. The number of aliphatic carboxylic acids is 1. The zero-order valence-corrected chi connectivity index (χ0v) is 15.3. The van der Waals surface area contributed by atoms with E-state index in [1.54, 1.807) is 14.2 Å². The number of carboxylic acids is 1. The third-order valence-electron chi connectivity index (χ3n) is 5.35. The van der Waals surface area contributed by atoms with Crippen molar-refractivity contribution in [3.05, 3.63) is 23.8 Å². The largest absolute Gasteiger partial charge is 0.493 e. The van der Waals surface area contributed by atoms with E-state index in [0.717, 1.165) is 24.9 Å². The van der Waals surface area contributed by atoms with Gasteiger partial charge in [-0.2, -0.15) is 0 Å². The minimum Gasteiger partial charge on any atom is -0.493 e. The van der Waals surface area contributed by atoms with E-state index in [4.69, 9.17) is 14.6 Å². The molecule has 1 aromatic rings. The first-order valence-electron chi connectivity index (χ1n) is 9.00. The van der Waals surface area contributed by atoms with Crippen LogP contribution in [0.5, 0.6) is 11.5 Å². The number of hydrogen-bond acceptors (Lipinski definition) is 5. The van der Waals surface area contributed by atoms with Gasteiger partial charge in [-0.05, 0) is 43.5 Å². The first kappa shape index (κ1) is 18.5. The van der Waals surface area contributed by atoms with Crippen LogP contribution in [0.2, 0.25) is 0 Å². The van der Waals surface area contributed by atoms with Crippen LogP contribution in [-0.2, 0) is 9.59 Å². The van der Waals surface area contributed by atoms with E-state index < -0.39 is 5.97 Å². The van der Waals surface area contributed by atoms with Gasteiger partial charge in [-0.25, -0.2) is 0 Å². The molecular formula is C19H26N2O5. The molecule has 7 nitrogen and oxygen atoms in total. The molecular weight excluding hydrogens is 336 g/mol. The lowest BCUT2D eigenvalue weighted by molar-refractivity contribution is -0.141. The summed E-state index contributed by atoms with van der Waals surface area (Å²) in [6, 6.07) is 5.81. The van der Waals surface area contributed by atoms with E-state index in [9.17, 15) is 9.59 Å². The van der Waals surface area contributed by atoms with E-state index in [2.05, 4.69) is 0 Å². The summed E-state index contributed by atoms with van der Waals surface area (Å²) in [5, 5.41) is 9.12. The summed E-state index contributed by atoms with van der Waals surface area (Å²) >= 11 is 0. The molecule has 1 N–H and O–H groups in total. The fraction of sp³-hybridized carbons (Fsp3) is 0.579. The molecule has 2 aliphatic heterocycles. The fourth-order valence-electron chi connectivity index (χ4n) is 3.93. The van der Waals surface area contributed by atoms with Gasteiger partial charge >= 0.3 is 5.97 Å². The van der Waals surface area contributed by atoms with Crippen LogP contribution in [0, 0.1) is 5.92 Å². The number of benzene rings is 1. The smallest absolute Gasteiger partial charge is 0.307 e. The van der Waals surface area contributed by atoms with Gasteiger partial charge in [0.15, 0.2) is 11.5 Å². The Labute approximate surface area is 153 Å². The van der Waals surface area contributed by atoms with Crippen molar-refractivity contribution in [3.63, 3.8) is 0 Å². The van der Waals surface area contributed by atoms with Crippen molar-refractivity contribution in [1.82, 2.24) is 9.80 Å². The van der Waals surface area contributed by atoms with Crippen LogP contribution in [-0.4, -0.2) is 67.2 Å². The van der Waals surface area contributed by atoms with E-state index in [1.165, 1.54) is 0 Å². The number of carbonyl (C=O) groups excluding carboxylic acids is 1. The van der Waals surface area contributed by atoms with Crippen LogP contribution in [0.25, 0.3) is 0 Å². The number of amides is 1. The molecule has 0 spiro atoms. The molecule has 0 aromatic heterocycles.